The zero-order chi connectivity index (χ0) is 15.0. The summed E-state index contributed by atoms with van der Waals surface area (Å²) < 4.78 is 0. The minimum Gasteiger partial charge on any atom is -0.361 e. The Labute approximate surface area is 130 Å². The maximum absolute atomic E-state index is 12.6. The number of hydrogen-bond donors (Lipinski definition) is 2. The number of nitrogens with one attached hydrogen (secondary N) is 2. The van der Waals surface area contributed by atoms with Gasteiger partial charge in [0.05, 0.1) is 0 Å². The molecule has 0 saturated carbocycles. The van der Waals surface area contributed by atoms with Crippen molar-refractivity contribution in [2.45, 2.75) is 44.2 Å². The van der Waals surface area contributed by atoms with Crippen LogP contribution in [0.3, 0.4) is 0 Å². The normalized spacial score (nSPS) is 21.6. The largest absolute Gasteiger partial charge is 0.361 e. The lowest BCUT2D eigenvalue weighted by Gasteiger charge is -2.49. The summed E-state index contributed by atoms with van der Waals surface area (Å²) in [6, 6.07) is 8.45. The van der Waals surface area contributed by atoms with E-state index in [0.717, 1.165) is 50.8 Å². The van der Waals surface area contributed by atoms with Crippen molar-refractivity contribution in [1.29, 1.82) is 0 Å². The number of aromatic amines is 1. The lowest BCUT2D eigenvalue weighted by atomic mass is 9.78. The summed E-state index contributed by atoms with van der Waals surface area (Å²) in [5.74, 6) is 0.334. The second kappa shape index (κ2) is 5.43. The van der Waals surface area contributed by atoms with Crippen molar-refractivity contribution in [3.63, 3.8) is 0 Å². The summed E-state index contributed by atoms with van der Waals surface area (Å²) in [7, 11) is 0. The van der Waals surface area contributed by atoms with Gasteiger partial charge in [0, 0.05) is 35.6 Å². The van der Waals surface area contributed by atoms with Crippen LogP contribution in [0, 0.1) is 0 Å². The number of aromatic nitrogens is 1. The van der Waals surface area contributed by atoms with Gasteiger partial charge in [-0.3, -0.25) is 4.79 Å². The van der Waals surface area contributed by atoms with Gasteiger partial charge in [0.2, 0.25) is 5.91 Å². The number of piperidine rings is 2. The molecule has 1 aromatic carbocycles. The number of nitrogens with zero attached hydrogens (tertiary/aromatic N) is 1. The van der Waals surface area contributed by atoms with E-state index in [1.165, 1.54) is 10.9 Å². The van der Waals surface area contributed by atoms with Crippen molar-refractivity contribution in [2.75, 3.05) is 13.1 Å². The molecule has 2 saturated heterocycles. The first-order valence-electron chi connectivity index (χ1n) is 8.35. The highest BCUT2D eigenvalue weighted by atomic mass is 16.2. The molecule has 0 bridgehead atoms. The van der Waals surface area contributed by atoms with E-state index in [1.54, 1.807) is 0 Å². The molecular formula is C18H23N3O. The molecule has 2 aliphatic rings. The SMILES string of the molecule is O=C1CCCC2(CCNCC2)N1Cc1cccc2[nH]ccc12. The van der Waals surface area contributed by atoms with Crippen LogP contribution in [0.25, 0.3) is 10.9 Å². The number of hydrogen-bond acceptors (Lipinski definition) is 2. The summed E-state index contributed by atoms with van der Waals surface area (Å²) in [6.45, 7) is 2.80. The maximum Gasteiger partial charge on any atom is 0.223 e. The smallest absolute Gasteiger partial charge is 0.223 e. The van der Waals surface area contributed by atoms with E-state index in [-0.39, 0.29) is 5.54 Å². The number of amides is 1. The molecule has 4 nitrogen and oxygen atoms in total. The van der Waals surface area contributed by atoms with Crippen LogP contribution in [0.5, 0.6) is 0 Å². The van der Waals surface area contributed by atoms with Crippen LogP contribution in [0.4, 0.5) is 0 Å². The molecular weight excluding hydrogens is 274 g/mol. The van der Waals surface area contributed by atoms with E-state index in [9.17, 15) is 4.79 Å². The summed E-state index contributed by atoms with van der Waals surface area (Å²) >= 11 is 0. The van der Waals surface area contributed by atoms with Gasteiger partial charge in [0.1, 0.15) is 0 Å². The molecule has 2 N–H and O–H groups in total. The van der Waals surface area contributed by atoms with Crippen LogP contribution in [0.15, 0.2) is 30.5 Å². The number of carbonyl (C=O) groups excluding carboxylic acids is 1. The fourth-order valence-electron chi connectivity index (χ4n) is 4.23. The second-order valence-electron chi connectivity index (χ2n) is 6.66. The van der Waals surface area contributed by atoms with Crippen LogP contribution in [0.2, 0.25) is 0 Å². The van der Waals surface area contributed by atoms with Crippen molar-refractivity contribution in [1.82, 2.24) is 15.2 Å². The van der Waals surface area contributed by atoms with Gasteiger partial charge in [-0.1, -0.05) is 12.1 Å². The standard InChI is InChI=1S/C18H23N3O/c22-17-5-2-7-18(8-11-19-12-9-18)21(17)13-14-3-1-4-16-15(14)6-10-20-16/h1,3-4,6,10,19-20H,2,5,7-9,11-13H2. The Balaban J connectivity index is 1.69. The fourth-order valence-corrected chi connectivity index (χ4v) is 4.23. The third-order valence-electron chi connectivity index (χ3n) is 5.45. The van der Waals surface area contributed by atoms with Crippen molar-refractivity contribution in [2.24, 2.45) is 0 Å². The van der Waals surface area contributed by atoms with Gasteiger partial charge < -0.3 is 15.2 Å². The van der Waals surface area contributed by atoms with Crippen LogP contribution in [0.1, 0.15) is 37.7 Å². The Morgan fingerprint density at radius 3 is 2.86 bits per heavy atom. The van der Waals surface area contributed by atoms with Crippen LogP contribution >= 0.6 is 0 Å². The van der Waals surface area contributed by atoms with E-state index in [4.69, 9.17) is 0 Å². The molecule has 1 spiro atoms. The Morgan fingerprint density at radius 2 is 2.00 bits per heavy atom. The molecule has 2 aromatic rings. The summed E-state index contributed by atoms with van der Waals surface area (Å²) in [4.78, 5) is 18.1. The van der Waals surface area contributed by atoms with Gasteiger partial charge in [-0.05, 0) is 56.5 Å². The number of benzene rings is 1. The first-order chi connectivity index (χ1) is 10.8. The van der Waals surface area contributed by atoms with Gasteiger partial charge in [0.25, 0.3) is 0 Å². The van der Waals surface area contributed by atoms with E-state index < -0.39 is 0 Å². The summed E-state index contributed by atoms with van der Waals surface area (Å²) in [5, 5.41) is 4.68. The minimum atomic E-state index is 0.0824. The predicted octanol–water partition coefficient (Wildman–Crippen LogP) is 2.80. The lowest BCUT2D eigenvalue weighted by Crippen LogP contribution is -2.58. The third-order valence-corrected chi connectivity index (χ3v) is 5.45. The number of carbonyl (C=O) groups is 1. The predicted molar refractivity (Wildman–Crippen MR) is 87.5 cm³/mol. The maximum atomic E-state index is 12.6. The first kappa shape index (κ1) is 13.8. The minimum absolute atomic E-state index is 0.0824. The van der Waals surface area contributed by atoms with E-state index in [0.29, 0.717) is 12.3 Å². The molecule has 3 heterocycles. The van der Waals surface area contributed by atoms with E-state index in [2.05, 4.69) is 39.5 Å². The molecule has 0 atom stereocenters. The Morgan fingerprint density at radius 1 is 1.14 bits per heavy atom. The van der Waals surface area contributed by atoms with Crippen molar-refractivity contribution >= 4 is 16.8 Å². The topological polar surface area (TPSA) is 48.1 Å². The number of fused-ring (bicyclic) bond motifs is 1. The quantitative estimate of drug-likeness (QED) is 0.895. The average Bonchev–Trinajstić information content (AvgIpc) is 3.01. The monoisotopic (exact) mass is 297 g/mol. The molecule has 4 heteroatoms. The zero-order valence-electron chi connectivity index (χ0n) is 12.9. The molecule has 1 aromatic heterocycles. The van der Waals surface area contributed by atoms with Gasteiger partial charge in [-0.25, -0.2) is 0 Å². The molecule has 2 aliphatic heterocycles. The zero-order valence-corrected chi connectivity index (χ0v) is 12.9. The van der Waals surface area contributed by atoms with Crippen LogP contribution in [-0.2, 0) is 11.3 Å². The molecule has 0 aliphatic carbocycles. The van der Waals surface area contributed by atoms with E-state index in [1.807, 2.05) is 6.20 Å². The molecule has 0 unspecified atom stereocenters. The van der Waals surface area contributed by atoms with Gasteiger partial charge in [-0.2, -0.15) is 0 Å². The third kappa shape index (κ3) is 2.22. The van der Waals surface area contributed by atoms with Gasteiger partial charge in [0.15, 0.2) is 0 Å². The number of rotatable bonds is 2. The Hall–Kier alpha value is -1.81. The highest BCUT2D eigenvalue weighted by Gasteiger charge is 2.42. The van der Waals surface area contributed by atoms with Crippen LogP contribution < -0.4 is 5.32 Å². The lowest BCUT2D eigenvalue weighted by molar-refractivity contribution is -0.144. The average molecular weight is 297 g/mol. The van der Waals surface area contributed by atoms with Gasteiger partial charge >= 0.3 is 0 Å². The molecule has 22 heavy (non-hydrogen) atoms. The molecule has 0 radical (unpaired) electrons. The molecule has 1 amide bonds. The molecule has 4 rings (SSSR count). The van der Waals surface area contributed by atoms with Gasteiger partial charge in [-0.15, -0.1) is 0 Å². The summed E-state index contributed by atoms with van der Waals surface area (Å²) in [5.41, 5.74) is 2.49. The van der Waals surface area contributed by atoms with Crippen molar-refractivity contribution < 1.29 is 4.79 Å². The second-order valence-corrected chi connectivity index (χ2v) is 6.66. The fraction of sp³-hybridized carbons (Fsp3) is 0.500. The Kier molecular flexibility index (Phi) is 3.41. The molecule has 116 valence electrons. The first-order valence-corrected chi connectivity index (χ1v) is 8.35. The van der Waals surface area contributed by atoms with Crippen LogP contribution in [-0.4, -0.2) is 34.4 Å². The van der Waals surface area contributed by atoms with Crippen molar-refractivity contribution in [3.05, 3.63) is 36.0 Å². The highest BCUT2D eigenvalue weighted by molar-refractivity contribution is 5.84. The number of H-pyrrole nitrogens is 1. The van der Waals surface area contributed by atoms with Crippen molar-refractivity contribution in [3.8, 4) is 0 Å². The molecule has 2 fully saturated rings. The Bertz CT molecular complexity index is 679. The number of likely N-dealkylation sites (tertiary alicyclic amines) is 1. The summed E-state index contributed by atoms with van der Waals surface area (Å²) in [6.07, 6.45) is 7.06. The highest BCUT2D eigenvalue weighted by Crippen LogP contribution is 2.38. The van der Waals surface area contributed by atoms with E-state index >= 15 is 0 Å².